The summed E-state index contributed by atoms with van der Waals surface area (Å²) in [6, 6.07) is 0. The van der Waals surface area contributed by atoms with Crippen LogP contribution in [-0.4, -0.2) is 27.9 Å². The van der Waals surface area contributed by atoms with Crippen molar-refractivity contribution in [2.24, 2.45) is 34.5 Å². The second kappa shape index (κ2) is 7.03. The van der Waals surface area contributed by atoms with E-state index in [9.17, 15) is 14.7 Å². The molecule has 3 fully saturated rings. The van der Waals surface area contributed by atoms with Gasteiger partial charge in [-0.1, -0.05) is 19.4 Å². The van der Waals surface area contributed by atoms with Gasteiger partial charge in [0.25, 0.3) is 0 Å². The molecular formula is C25H31NO4S. The van der Waals surface area contributed by atoms with Gasteiger partial charge >= 0.3 is 5.97 Å². The third kappa shape index (κ3) is 2.90. The molecule has 5 unspecified atom stereocenters. The average Bonchev–Trinajstić information content (AvgIpc) is 3.24. The minimum absolute atomic E-state index is 0.0514. The van der Waals surface area contributed by atoms with Crippen LogP contribution in [0.25, 0.3) is 0 Å². The van der Waals surface area contributed by atoms with Crippen molar-refractivity contribution in [1.29, 1.82) is 0 Å². The molecule has 3 saturated carbocycles. The number of allylic oxidation sites excluding steroid dienone is 3. The lowest BCUT2D eigenvalue weighted by atomic mass is 9.47. The van der Waals surface area contributed by atoms with Crippen LogP contribution in [0.5, 0.6) is 0 Å². The molecule has 166 valence electrons. The van der Waals surface area contributed by atoms with E-state index in [0.717, 1.165) is 43.4 Å². The summed E-state index contributed by atoms with van der Waals surface area (Å²) in [5.41, 5.74) is 2.95. The highest BCUT2D eigenvalue weighted by atomic mass is 32.1. The normalized spacial score (nSPS) is 41.5. The van der Waals surface area contributed by atoms with E-state index in [4.69, 9.17) is 4.74 Å². The number of carbonyl (C=O) groups excluding carboxylic acids is 2. The quantitative estimate of drug-likeness (QED) is 0.621. The summed E-state index contributed by atoms with van der Waals surface area (Å²) in [7, 11) is 0. The second-order valence-corrected chi connectivity index (χ2v) is 11.4. The zero-order valence-corrected chi connectivity index (χ0v) is 19.5. The molecule has 1 aromatic rings. The van der Waals surface area contributed by atoms with Gasteiger partial charge in [0.1, 0.15) is 16.7 Å². The minimum Gasteiger partial charge on any atom is -0.508 e. The Morgan fingerprint density at radius 2 is 2.03 bits per heavy atom. The van der Waals surface area contributed by atoms with Gasteiger partial charge in [-0.15, -0.1) is 11.3 Å². The second-order valence-electron chi connectivity index (χ2n) is 10.6. The number of aromatic nitrogens is 1. The summed E-state index contributed by atoms with van der Waals surface area (Å²) in [5, 5.41) is 9.98. The fourth-order valence-corrected chi connectivity index (χ4v) is 8.21. The molecule has 1 aromatic heterocycles. The van der Waals surface area contributed by atoms with Crippen LogP contribution in [0.3, 0.4) is 0 Å². The Balaban J connectivity index is 1.43. The molecule has 6 heteroatoms. The fourth-order valence-electron chi connectivity index (χ4n) is 7.53. The molecular weight excluding hydrogens is 410 g/mol. The number of esters is 1. The van der Waals surface area contributed by atoms with E-state index in [2.05, 4.69) is 25.8 Å². The zero-order valence-electron chi connectivity index (χ0n) is 18.7. The largest absolute Gasteiger partial charge is 0.508 e. The smallest absolute Gasteiger partial charge is 0.350 e. The van der Waals surface area contributed by atoms with Crippen LogP contribution < -0.4 is 0 Å². The van der Waals surface area contributed by atoms with Crippen LogP contribution in [-0.2, 0) is 9.53 Å². The van der Waals surface area contributed by atoms with E-state index in [1.807, 2.05) is 13.0 Å². The fraction of sp³-hybridized carbons (Fsp3) is 0.640. The van der Waals surface area contributed by atoms with Gasteiger partial charge in [-0.25, -0.2) is 9.78 Å². The number of fused-ring (bicyclic) bond motifs is 5. The highest BCUT2D eigenvalue weighted by Gasteiger charge is 2.63. The lowest BCUT2D eigenvalue weighted by Gasteiger charge is -2.56. The van der Waals surface area contributed by atoms with Crippen molar-refractivity contribution in [3.05, 3.63) is 39.6 Å². The van der Waals surface area contributed by atoms with Gasteiger partial charge in [-0.3, -0.25) is 4.79 Å². The third-order valence-electron chi connectivity index (χ3n) is 9.10. The van der Waals surface area contributed by atoms with Crippen molar-refractivity contribution in [3.8, 4) is 0 Å². The summed E-state index contributed by atoms with van der Waals surface area (Å²) in [6.45, 7) is 8.45. The van der Waals surface area contributed by atoms with Crippen LogP contribution >= 0.6 is 11.3 Å². The maximum atomic E-state index is 13.1. The molecule has 0 spiro atoms. The van der Waals surface area contributed by atoms with Crippen LogP contribution in [0.15, 0.2) is 29.0 Å². The van der Waals surface area contributed by atoms with Crippen LogP contribution in [0, 0.1) is 41.4 Å². The number of nitrogens with zero attached hydrogens (tertiary/aromatic N) is 1. The van der Waals surface area contributed by atoms with Crippen molar-refractivity contribution < 1.29 is 19.4 Å². The van der Waals surface area contributed by atoms with Crippen LogP contribution in [0.1, 0.15) is 68.2 Å². The molecule has 1 N–H and O–H groups in total. The zero-order chi connectivity index (χ0) is 22.1. The van der Waals surface area contributed by atoms with E-state index < -0.39 is 5.41 Å². The number of ether oxygens (including phenoxy) is 1. The van der Waals surface area contributed by atoms with E-state index in [1.165, 1.54) is 17.4 Å². The minimum atomic E-state index is -0.506. The van der Waals surface area contributed by atoms with E-state index >= 15 is 0 Å². The van der Waals surface area contributed by atoms with Gasteiger partial charge in [0.05, 0.1) is 16.6 Å². The summed E-state index contributed by atoms with van der Waals surface area (Å²) < 4.78 is 6.18. The van der Waals surface area contributed by atoms with Gasteiger partial charge in [0.2, 0.25) is 0 Å². The molecule has 5 nitrogen and oxygen atoms in total. The van der Waals surface area contributed by atoms with Crippen molar-refractivity contribution in [2.45, 2.75) is 65.9 Å². The van der Waals surface area contributed by atoms with Crippen molar-refractivity contribution in [3.63, 3.8) is 0 Å². The first kappa shape index (κ1) is 20.9. The number of aryl methyl sites for hydroxylation is 1. The first-order chi connectivity index (χ1) is 14.7. The van der Waals surface area contributed by atoms with Crippen LogP contribution in [0.2, 0.25) is 0 Å². The number of rotatable bonds is 2. The number of ketones is 1. The molecule has 4 aliphatic carbocycles. The number of aliphatic hydroxyl groups is 1. The van der Waals surface area contributed by atoms with E-state index in [0.29, 0.717) is 22.6 Å². The molecule has 1 heterocycles. The maximum Gasteiger partial charge on any atom is 0.350 e. The van der Waals surface area contributed by atoms with Crippen molar-refractivity contribution in [2.75, 3.05) is 0 Å². The molecule has 7 atom stereocenters. The summed E-state index contributed by atoms with van der Waals surface area (Å²) in [4.78, 5) is 30.8. The summed E-state index contributed by atoms with van der Waals surface area (Å²) in [5.74, 6) is 1.35. The lowest BCUT2D eigenvalue weighted by molar-refractivity contribution is -0.133. The Labute approximate surface area is 187 Å². The van der Waals surface area contributed by atoms with Gasteiger partial charge in [0.15, 0.2) is 5.78 Å². The average molecular weight is 442 g/mol. The monoisotopic (exact) mass is 441 g/mol. The molecule has 0 amide bonds. The number of thiazole rings is 1. The highest BCUT2D eigenvalue weighted by Crippen LogP contribution is 2.66. The van der Waals surface area contributed by atoms with Gasteiger partial charge < -0.3 is 9.84 Å². The van der Waals surface area contributed by atoms with E-state index in [-0.39, 0.29) is 34.9 Å². The van der Waals surface area contributed by atoms with Gasteiger partial charge in [-0.05, 0) is 75.7 Å². The predicted molar refractivity (Wildman–Crippen MR) is 119 cm³/mol. The van der Waals surface area contributed by atoms with Crippen LogP contribution in [0.4, 0.5) is 0 Å². The topological polar surface area (TPSA) is 76.5 Å². The number of aliphatic hydroxyl groups excluding tert-OH is 1. The Morgan fingerprint density at radius 3 is 2.74 bits per heavy atom. The molecule has 31 heavy (non-hydrogen) atoms. The Morgan fingerprint density at radius 1 is 1.26 bits per heavy atom. The third-order valence-corrected chi connectivity index (χ3v) is 10.0. The maximum absolute atomic E-state index is 13.1. The van der Waals surface area contributed by atoms with Crippen molar-refractivity contribution in [1.82, 2.24) is 4.98 Å². The first-order valence-corrected chi connectivity index (χ1v) is 12.3. The SMILES string of the molecule is Cc1ncsc1C(=O)OC1C(C)CC2C3CCC4=CC(O)=CC(=O)[C@]4(C)C3CC[C@@]21C. The lowest BCUT2D eigenvalue weighted by Crippen LogP contribution is -2.53. The number of carbonyl (C=O) groups is 2. The molecule has 5 rings (SSSR count). The Hall–Kier alpha value is -1.95. The van der Waals surface area contributed by atoms with E-state index in [1.54, 1.807) is 5.51 Å². The molecule has 0 saturated heterocycles. The number of hydrogen-bond donors (Lipinski definition) is 1. The first-order valence-electron chi connectivity index (χ1n) is 11.4. The predicted octanol–water partition coefficient (Wildman–Crippen LogP) is 5.42. The molecule has 0 aliphatic heterocycles. The molecule has 0 aromatic carbocycles. The molecule has 0 bridgehead atoms. The highest BCUT2D eigenvalue weighted by molar-refractivity contribution is 7.11. The summed E-state index contributed by atoms with van der Waals surface area (Å²) in [6.07, 6.45) is 7.95. The van der Waals surface area contributed by atoms with Gasteiger partial charge in [-0.2, -0.15) is 0 Å². The molecule has 0 radical (unpaired) electrons. The number of hydrogen-bond acceptors (Lipinski definition) is 6. The van der Waals surface area contributed by atoms with Crippen molar-refractivity contribution >= 4 is 23.1 Å². The summed E-state index contributed by atoms with van der Waals surface area (Å²) >= 11 is 1.35. The van der Waals surface area contributed by atoms with Gasteiger partial charge in [0, 0.05) is 11.5 Å². The Kier molecular flexibility index (Phi) is 4.74. The standard InChI is InChI=1S/C25H31NO4S/c1-13-9-19-17-6-5-15-10-16(27)11-20(28)25(15,4)18(17)7-8-24(19,3)22(13)30-23(29)21-14(2)26-12-31-21/h10-13,17-19,22,27H,5-9H2,1-4H3/t13?,17?,18?,19?,22?,24-,25-/m0/s1. The Bertz CT molecular complexity index is 1010. The molecule has 4 aliphatic rings.